The lowest BCUT2D eigenvalue weighted by atomic mass is 9.85. The van der Waals surface area contributed by atoms with Gasteiger partial charge in [-0.3, -0.25) is 9.97 Å². The zero-order valence-corrected chi connectivity index (χ0v) is 20.4. The molecule has 5 rings (SSSR count). The van der Waals surface area contributed by atoms with Gasteiger partial charge in [-0.25, -0.2) is 4.98 Å². The maximum absolute atomic E-state index is 5.30. The van der Waals surface area contributed by atoms with Gasteiger partial charge in [-0.05, 0) is 56.3 Å². The number of nitrogens with zero attached hydrogens (tertiary/aromatic N) is 4. The summed E-state index contributed by atoms with van der Waals surface area (Å²) in [6.45, 7) is 5.58. The molecular formula is C26H33N5OS. The zero-order chi connectivity index (χ0) is 22.6. The van der Waals surface area contributed by atoms with E-state index in [0.29, 0.717) is 6.04 Å². The van der Waals surface area contributed by atoms with Crippen molar-refractivity contribution in [3.8, 4) is 16.3 Å². The molecule has 1 saturated carbocycles. The van der Waals surface area contributed by atoms with E-state index in [4.69, 9.17) is 9.72 Å². The van der Waals surface area contributed by atoms with E-state index < -0.39 is 0 Å². The van der Waals surface area contributed by atoms with Crippen LogP contribution in [0.3, 0.4) is 0 Å². The second-order valence-corrected chi connectivity index (χ2v) is 10.4. The lowest BCUT2D eigenvalue weighted by molar-refractivity contribution is 0.280. The topological polar surface area (TPSA) is 63.2 Å². The van der Waals surface area contributed by atoms with E-state index in [0.717, 1.165) is 41.0 Å². The minimum Gasteiger partial charge on any atom is -0.495 e. The summed E-state index contributed by atoms with van der Waals surface area (Å²) < 4.78 is 5.30. The molecule has 1 aliphatic carbocycles. The number of hydrogen-bond acceptors (Lipinski definition) is 7. The first-order chi connectivity index (χ1) is 16.2. The van der Waals surface area contributed by atoms with Gasteiger partial charge in [0.25, 0.3) is 0 Å². The predicted octanol–water partition coefficient (Wildman–Crippen LogP) is 5.12. The number of pyridine rings is 2. The molecule has 33 heavy (non-hydrogen) atoms. The molecule has 2 fully saturated rings. The standard InChI is InChI=1S/C26H33N5OS/c1-18(25-16-30-26(33-25)20-11-23(32-2)15-27-13-20)24-9-8-22(14-29-24)31-10-4-7-21(17-31)28-12-19-5-3-6-19/h8-9,11,13-16,18-19,21,28H,3-7,10,12,17H2,1-2H3. The third-order valence-corrected chi connectivity index (χ3v) is 8.30. The Bertz CT molecular complexity index is 1050. The molecule has 3 aromatic rings. The number of nitrogens with one attached hydrogen (secondary N) is 1. The van der Waals surface area contributed by atoms with Crippen LogP contribution in [-0.2, 0) is 0 Å². The number of anilines is 1. The monoisotopic (exact) mass is 463 g/mol. The van der Waals surface area contributed by atoms with Gasteiger partial charge < -0.3 is 15.0 Å². The Morgan fingerprint density at radius 3 is 2.79 bits per heavy atom. The van der Waals surface area contributed by atoms with Crippen molar-refractivity contribution >= 4 is 17.0 Å². The van der Waals surface area contributed by atoms with E-state index in [1.165, 1.54) is 49.2 Å². The second-order valence-electron chi connectivity index (χ2n) is 9.33. The highest BCUT2D eigenvalue weighted by Gasteiger charge is 2.23. The van der Waals surface area contributed by atoms with Gasteiger partial charge in [0.05, 0.1) is 25.2 Å². The largest absolute Gasteiger partial charge is 0.495 e. The number of thiazole rings is 1. The SMILES string of the molecule is COc1cncc(-c2ncc(C(C)c3ccc(N4CCCC(NCC5CCC5)C4)cn3)s2)c1. The van der Waals surface area contributed by atoms with E-state index in [2.05, 4.69) is 39.2 Å². The van der Waals surface area contributed by atoms with Gasteiger partial charge in [-0.2, -0.15) is 0 Å². The van der Waals surface area contributed by atoms with Crippen molar-refractivity contribution in [3.05, 3.63) is 53.6 Å². The summed E-state index contributed by atoms with van der Waals surface area (Å²) in [6.07, 6.45) is 14.3. The fraction of sp³-hybridized carbons (Fsp3) is 0.500. The Hall–Kier alpha value is -2.51. The Morgan fingerprint density at radius 1 is 1.12 bits per heavy atom. The van der Waals surface area contributed by atoms with Crippen LogP contribution in [0.25, 0.3) is 10.6 Å². The van der Waals surface area contributed by atoms with Gasteiger partial charge >= 0.3 is 0 Å². The highest BCUT2D eigenvalue weighted by atomic mass is 32.1. The average Bonchev–Trinajstić information content (AvgIpc) is 3.33. The van der Waals surface area contributed by atoms with Crippen LogP contribution in [-0.4, -0.2) is 47.7 Å². The minimum absolute atomic E-state index is 0.196. The maximum Gasteiger partial charge on any atom is 0.137 e. The van der Waals surface area contributed by atoms with Gasteiger partial charge in [0.1, 0.15) is 10.8 Å². The number of rotatable bonds is 8. The lowest BCUT2D eigenvalue weighted by Gasteiger charge is -2.36. The Kier molecular flexibility index (Phi) is 6.88. The minimum atomic E-state index is 0.196. The molecule has 0 aromatic carbocycles. The first-order valence-electron chi connectivity index (χ1n) is 12.1. The number of aromatic nitrogens is 3. The predicted molar refractivity (Wildman–Crippen MR) is 134 cm³/mol. The summed E-state index contributed by atoms with van der Waals surface area (Å²) >= 11 is 1.69. The highest BCUT2D eigenvalue weighted by molar-refractivity contribution is 7.15. The van der Waals surface area contributed by atoms with Crippen molar-refractivity contribution in [2.45, 2.75) is 51.0 Å². The molecule has 0 amide bonds. The molecule has 2 atom stereocenters. The first-order valence-corrected chi connectivity index (χ1v) is 12.9. The normalized spacial score (nSPS) is 19.8. The Labute approximate surface area is 200 Å². The summed E-state index contributed by atoms with van der Waals surface area (Å²) in [6, 6.07) is 6.99. The maximum atomic E-state index is 5.30. The van der Waals surface area contributed by atoms with Crippen LogP contribution >= 0.6 is 11.3 Å². The summed E-state index contributed by atoms with van der Waals surface area (Å²) in [5.74, 6) is 1.85. The highest BCUT2D eigenvalue weighted by Crippen LogP contribution is 2.34. The third kappa shape index (κ3) is 5.20. The van der Waals surface area contributed by atoms with Crippen molar-refractivity contribution in [2.24, 2.45) is 5.92 Å². The summed E-state index contributed by atoms with van der Waals surface area (Å²) in [7, 11) is 1.65. The molecular weight excluding hydrogens is 430 g/mol. The molecule has 1 N–H and O–H groups in total. The van der Waals surface area contributed by atoms with E-state index in [1.54, 1.807) is 24.6 Å². The van der Waals surface area contributed by atoms with E-state index in [-0.39, 0.29) is 5.92 Å². The number of ether oxygens (including phenoxy) is 1. The van der Waals surface area contributed by atoms with Crippen molar-refractivity contribution in [1.29, 1.82) is 0 Å². The molecule has 174 valence electrons. The van der Waals surface area contributed by atoms with Gasteiger partial charge in [-0.1, -0.05) is 13.3 Å². The number of piperidine rings is 1. The van der Waals surface area contributed by atoms with Crippen LogP contribution in [0.5, 0.6) is 5.75 Å². The number of hydrogen-bond donors (Lipinski definition) is 1. The summed E-state index contributed by atoms with van der Waals surface area (Å²) in [5, 5.41) is 4.77. The van der Waals surface area contributed by atoms with Gasteiger partial charge in [0.15, 0.2) is 0 Å². The molecule has 0 spiro atoms. The molecule has 7 heteroatoms. The fourth-order valence-corrected chi connectivity index (χ4v) is 5.62. The molecule has 4 heterocycles. The molecule has 2 unspecified atom stereocenters. The van der Waals surface area contributed by atoms with Crippen molar-refractivity contribution in [2.75, 3.05) is 31.6 Å². The van der Waals surface area contributed by atoms with Crippen LogP contribution in [0.15, 0.2) is 43.0 Å². The van der Waals surface area contributed by atoms with Crippen molar-refractivity contribution in [1.82, 2.24) is 20.3 Å². The first kappa shape index (κ1) is 22.3. The van der Waals surface area contributed by atoms with Crippen LogP contribution in [0.4, 0.5) is 5.69 Å². The van der Waals surface area contributed by atoms with E-state index in [9.17, 15) is 0 Å². The van der Waals surface area contributed by atoms with Crippen LogP contribution < -0.4 is 15.0 Å². The smallest absolute Gasteiger partial charge is 0.137 e. The van der Waals surface area contributed by atoms with Gasteiger partial charge in [0.2, 0.25) is 0 Å². The quantitative estimate of drug-likeness (QED) is 0.500. The molecule has 2 aliphatic rings. The molecule has 1 saturated heterocycles. The van der Waals surface area contributed by atoms with E-state index in [1.807, 2.05) is 24.7 Å². The Morgan fingerprint density at radius 2 is 2.03 bits per heavy atom. The molecule has 1 aliphatic heterocycles. The average molecular weight is 464 g/mol. The molecule has 3 aromatic heterocycles. The van der Waals surface area contributed by atoms with Crippen molar-refractivity contribution < 1.29 is 4.74 Å². The third-order valence-electron chi connectivity index (χ3n) is 7.07. The van der Waals surface area contributed by atoms with Gasteiger partial charge in [0, 0.05) is 53.6 Å². The molecule has 0 radical (unpaired) electrons. The van der Waals surface area contributed by atoms with Crippen molar-refractivity contribution in [3.63, 3.8) is 0 Å². The zero-order valence-electron chi connectivity index (χ0n) is 19.5. The number of methoxy groups -OCH3 is 1. The summed E-state index contributed by atoms with van der Waals surface area (Å²) in [5.41, 5.74) is 3.29. The second kappa shape index (κ2) is 10.2. The summed E-state index contributed by atoms with van der Waals surface area (Å²) in [4.78, 5) is 17.4. The van der Waals surface area contributed by atoms with Gasteiger partial charge in [-0.15, -0.1) is 11.3 Å². The van der Waals surface area contributed by atoms with Crippen LogP contribution in [0.1, 0.15) is 55.5 Å². The lowest BCUT2D eigenvalue weighted by Crippen LogP contribution is -2.47. The molecule has 6 nitrogen and oxygen atoms in total. The molecule has 0 bridgehead atoms. The van der Waals surface area contributed by atoms with Crippen LogP contribution in [0.2, 0.25) is 0 Å². The van der Waals surface area contributed by atoms with Crippen LogP contribution in [0, 0.1) is 5.92 Å². The van der Waals surface area contributed by atoms with E-state index >= 15 is 0 Å². The Balaban J connectivity index is 1.22. The fourth-order valence-electron chi connectivity index (χ4n) is 4.66.